The van der Waals surface area contributed by atoms with Gasteiger partial charge in [-0.2, -0.15) is 0 Å². The summed E-state index contributed by atoms with van der Waals surface area (Å²) in [5.74, 6) is 0.602. The molecule has 1 radical (unpaired) electrons. The first kappa shape index (κ1) is 20.4. The second kappa shape index (κ2) is 9.24. The number of carbonyl (C=O) groups excluding carboxylic acids is 1. The molecule has 0 spiro atoms. The summed E-state index contributed by atoms with van der Waals surface area (Å²) in [5.41, 5.74) is 1.29. The van der Waals surface area contributed by atoms with Crippen LogP contribution in [0.3, 0.4) is 0 Å². The maximum absolute atomic E-state index is 13.1. The van der Waals surface area contributed by atoms with Gasteiger partial charge >= 0.3 is 5.97 Å². The van der Waals surface area contributed by atoms with Gasteiger partial charge in [0.1, 0.15) is 11.4 Å². The lowest BCUT2D eigenvalue weighted by atomic mass is 9.72. The summed E-state index contributed by atoms with van der Waals surface area (Å²) in [6.07, 6.45) is 5.15. The monoisotopic (exact) mass is 380 g/mol. The fraction of sp³-hybridized carbons (Fsp3) is 0.458. The van der Waals surface area contributed by atoms with E-state index in [0.717, 1.165) is 38.0 Å². The number of ether oxygens (including phenoxy) is 2. The van der Waals surface area contributed by atoms with E-state index in [9.17, 15) is 4.79 Å². The largest absolute Gasteiger partial charge is 0.497 e. The van der Waals surface area contributed by atoms with E-state index >= 15 is 0 Å². The fourth-order valence-electron chi connectivity index (χ4n) is 4.22. The van der Waals surface area contributed by atoms with Gasteiger partial charge < -0.3 is 14.4 Å². The van der Waals surface area contributed by atoms with Crippen molar-refractivity contribution in [1.82, 2.24) is 4.90 Å². The number of hydrogen-bond donors (Lipinski definition) is 0. The Labute approximate surface area is 168 Å². The van der Waals surface area contributed by atoms with Crippen LogP contribution in [-0.4, -0.2) is 44.2 Å². The number of likely N-dealkylation sites (N-methyl/N-ethyl adjacent to an activating group) is 1. The summed E-state index contributed by atoms with van der Waals surface area (Å²) in [6.45, 7) is 0.833. The van der Waals surface area contributed by atoms with Gasteiger partial charge in [0, 0.05) is 12.5 Å². The minimum Gasteiger partial charge on any atom is -0.497 e. The molecule has 1 atom stereocenters. The number of methoxy groups -OCH3 is 1. The van der Waals surface area contributed by atoms with Crippen LogP contribution in [-0.2, 0) is 4.74 Å². The second-order valence-electron chi connectivity index (χ2n) is 7.89. The number of esters is 1. The topological polar surface area (TPSA) is 38.8 Å². The zero-order valence-electron chi connectivity index (χ0n) is 17.1. The predicted octanol–water partition coefficient (Wildman–Crippen LogP) is 4.70. The highest BCUT2D eigenvalue weighted by Gasteiger charge is 2.44. The highest BCUT2D eigenvalue weighted by molar-refractivity contribution is 5.89. The average Bonchev–Trinajstić information content (AvgIpc) is 2.73. The van der Waals surface area contributed by atoms with Crippen LogP contribution in [0.15, 0.2) is 48.5 Å². The lowest BCUT2D eigenvalue weighted by Crippen LogP contribution is -2.46. The molecule has 0 saturated heterocycles. The Balaban J connectivity index is 1.92. The number of benzene rings is 2. The quantitative estimate of drug-likeness (QED) is 0.653. The van der Waals surface area contributed by atoms with Gasteiger partial charge in [-0.1, -0.05) is 30.7 Å². The van der Waals surface area contributed by atoms with Crippen molar-refractivity contribution in [2.24, 2.45) is 0 Å². The van der Waals surface area contributed by atoms with Crippen LogP contribution in [0.25, 0.3) is 0 Å². The maximum atomic E-state index is 13.1. The smallest absolute Gasteiger partial charge is 0.338 e. The molecule has 0 heterocycles. The standard InChI is InChI=1S/C24H30NO3/c1-25(2)18-22(19-10-6-4-7-11-19)24(16-8-5-9-17-24)28-23(26)20-12-14-21(27-3)15-13-20/h6-7,10-15,22H,5,8-9,16-18H2,1-3H3. The lowest BCUT2D eigenvalue weighted by molar-refractivity contribution is -0.0575. The number of rotatable bonds is 7. The first-order valence-corrected chi connectivity index (χ1v) is 10.0. The van der Waals surface area contributed by atoms with Gasteiger partial charge in [-0.15, -0.1) is 0 Å². The van der Waals surface area contributed by atoms with Crippen LogP contribution in [0, 0.1) is 6.07 Å². The Hall–Kier alpha value is -2.33. The van der Waals surface area contributed by atoms with Crippen molar-refractivity contribution in [1.29, 1.82) is 0 Å². The third-order valence-electron chi connectivity index (χ3n) is 5.65. The average molecular weight is 381 g/mol. The molecule has 0 aromatic heterocycles. The van der Waals surface area contributed by atoms with Gasteiger partial charge in [0.25, 0.3) is 0 Å². The summed E-state index contributed by atoms with van der Waals surface area (Å²) < 4.78 is 11.5. The molecule has 3 rings (SSSR count). The molecule has 2 aromatic carbocycles. The Morgan fingerprint density at radius 1 is 1.07 bits per heavy atom. The van der Waals surface area contributed by atoms with E-state index in [1.54, 1.807) is 31.4 Å². The van der Waals surface area contributed by atoms with Crippen molar-refractivity contribution in [3.05, 3.63) is 65.7 Å². The lowest BCUT2D eigenvalue weighted by Gasteiger charge is -2.44. The summed E-state index contributed by atoms with van der Waals surface area (Å²) in [7, 11) is 5.77. The number of carbonyl (C=O) groups is 1. The molecule has 0 N–H and O–H groups in total. The van der Waals surface area contributed by atoms with E-state index in [4.69, 9.17) is 9.47 Å². The second-order valence-corrected chi connectivity index (χ2v) is 7.89. The van der Waals surface area contributed by atoms with E-state index in [0.29, 0.717) is 5.56 Å². The molecule has 4 heteroatoms. The molecular formula is C24H30NO3. The van der Waals surface area contributed by atoms with Crippen LogP contribution in [0.4, 0.5) is 0 Å². The third-order valence-corrected chi connectivity index (χ3v) is 5.65. The maximum Gasteiger partial charge on any atom is 0.338 e. The SMILES string of the molecule is COc1ccc(C(=O)OC2(C(CN(C)C)c3cc[c]cc3)CCCCC2)cc1. The Kier molecular flexibility index (Phi) is 6.74. The first-order valence-electron chi connectivity index (χ1n) is 10.0. The molecule has 1 aliphatic carbocycles. The van der Waals surface area contributed by atoms with E-state index in [1.807, 2.05) is 12.1 Å². The van der Waals surface area contributed by atoms with Crippen molar-refractivity contribution >= 4 is 5.97 Å². The van der Waals surface area contributed by atoms with Crippen LogP contribution in [0.5, 0.6) is 5.75 Å². The number of nitrogens with zero attached hydrogens (tertiary/aromatic N) is 1. The van der Waals surface area contributed by atoms with Crippen molar-refractivity contribution in [2.45, 2.75) is 43.6 Å². The highest BCUT2D eigenvalue weighted by Crippen LogP contribution is 2.43. The fourth-order valence-corrected chi connectivity index (χ4v) is 4.22. The number of hydrogen-bond acceptors (Lipinski definition) is 4. The minimum atomic E-state index is -0.485. The molecule has 1 fully saturated rings. The summed E-state index contributed by atoms with van der Waals surface area (Å²) >= 11 is 0. The van der Waals surface area contributed by atoms with E-state index in [-0.39, 0.29) is 11.9 Å². The summed E-state index contributed by atoms with van der Waals surface area (Å²) in [5, 5.41) is 0. The first-order chi connectivity index (χ1) is 13.5. The minimum absolute atomic E-state index is 0.125. The van der Waals surface area contributed by atoms with Gasteiger partial charge in [0.15, 0.2) is 0 Å². The molecule has 4 nitrogen and oxygen atoms in total. The van der Waals surface area contributed by atoms with Crippen molar-refractivity contribution in [2.75, 3.05) is 27.7 Å². The van der Waals surface area contributed by atoms with Crippen molar-refractivity contribution < 1.29 is 14.3 Å². The Bertz CT molecular complexity index is 749. The molecule has 2 aromatic rings. The predicted molar refractivity (Wildman–Crippen MR) is 111 cm³/mol. The molecule has 0 amide bonds. The molecule has 0 aliphatic heterocycles. The highest BCUT2D eigenvalue weighted by atomic mass is 16.6. The molecule has 28 heavy (non-hydrogen) atoms. The van der Waals surface area contributed by atoms with Crippen molar-refractivity contribution in [3.63, 3.8) is 0 Å². The van der Waals surface area contributed by atoms with Gasteiger partial charge in [-0.05, 0) is 75.7 Å². The van der Waals surface area contributed by atoms with Gasteiger partial charge in [-0.25, -0.2) is 4.79 Å². The van der Waals surface area contributed by atoms with E-state index < -0.39 is 5.60 Å². The van der Waals surface area contributed by atoms with Gasteiger partial charge in [-0.3, -0.25) is 0 Å². The molecule has 1 aliphatic rings. The molecule has 0 bridgehead atoms. The van der Waals surface area contributed by atoms with Crippen LogP contribution >= 0.6 is 0 Å². The Morgan fingerprint density at radius 2 is 1.71 bits per heavy atom. The summed E-state index contributed by atoms with van der Waals surface area (Å²) in [4.78, 5) is 15.2. The molecule has 1 saturated carbocycles. The zero-order chi connectivity index (χ0) is 20.0. The van der Waals surface area contributed by atoms with E-state index in [1.165, 1.54) is 12.0 Å². The van der Waals surface area contributed by atoms with E-state index in [2.05, 4.69) is 37.2 Å². The van der Waals surface area contributed by atoms with Gasteiger partial charge in [0.05, 0.1) is 12.7 Å². The van der Waals surface area contributed by atoms with Crippen molar-refractivity contribution in [3.8, 4) is 5.75 Å². The molecule has 149 valence electrons. The van der Waals surface area contributed by atoms with Gasteiger partial charge in [0.2, 0.25) is 0 Å². The molecule has 1 unspecified atom stereocenters. The molecular weight excluding hydrogens is 350 g/mol. The summed E-state index contributed by atoms with van der Waals surface area (Å²) in [6, 6.07) is 18.3. The van der Waals surface area contributed by atoms with Crippen LogP contribution in [0.2, 0.25) is 0 Å². The Morgan fingerprint density at radius 3 is 2.29 bits per heavy atom. The normalized spacial score (nSPS) is 17.1. The van der Waals surface area contributed by atoms with Crippen LogP contribution in [0.1, 0.15) is 53.9 Å². The van der Waals surface area contributed by atoms with Crippen LogP contribution < -0.4 is 4.74 Å². The third kappa shape index (κ3) is 4.74. The zero-order valence-corrected chi connectivity index (χ0v) is 17.1.